The Labute approximate surface area is 150 Å². The molecule has 3 rings (SSSR count). The summed E-state index contributed by atoms with van der Waals surface area (Å²) >= 11 is 0. The van der Waals surface area contributed by atoms with Gasteiger partial charge in [-0.25, -0.2) is 9.59 Å². The van der Waals surface area contributed by atoms with Gasteiger partial charge in [-0.2, -0.15) is 0 Å². The van der Waals surface area contributed by atoms with Gasteiger partial charge in [0.1, 0.15) is 6.04 Å². The number of carboxylic acid groups (broad SMARTS) is 1. The van der Waals surface area contributed by atoms with Gasteiger partial charge in [0.05, 0.1) is 0 Å². The summed E-state index contributed by atoms with van der Waals surface area (Å²) in [5, 5.41) is 14.8. The number of amides is 3. The van der Waals surface area contributed by atoms with Crippen molar-refractivity contribution in [3.8, 4) is 0 Å². The molecule has 2 aromatic carbocycles. The van der Waals surface area contributed by atoms with Gasteiger partial charge in [0.25, 0.3) is 0 Å². The molecule has 3 N–H and O–H groups in total. The number of carboxylic acids is 1. The van der Waals surface area contributed by atoms with Crippen LogP contribution in [-0.2, 0) is 9.59 Å². The van der Waals surface area contributed by atoms with Gasteiger partial charge in [-0.3, -0.25) is 4.79 Å². The Morgan fingerprint density at radius 1 is 1.08 bits per heavy atom. The number of carbonyl (C=O) groups is 3. The predicted octanol–water partition coefficient (Wildman–Crippen LogP) is 1.70. The van der Waals surface area contributed by atoms with Gasteiger partial charge in [-0.1, -0.05) is 60.7 Å². The van der Waals surface area contributed by atoms with E-state index in [4.69, 9.17) is 0 Å². The normalized spacial score (nSPS) is 17.9. The summed E-state index contributed by atoms with van der Waals surface area (Å²) in [7, 11) is 0. The van der Waals surface area contributed by atoms with E-state index in [1.165, 1.54) is 4.90 Å². The molecule has 1 heterocycles. The molecule has 134 valence electrons. The lowest BCUT2D eigenvalue weighted by atomic mass is 10.0. The maximum absolute atomic E-state index is 12.8. The molecule has 26 heavy (non-hydrogen) atoms. The van der Waals surface area contributed by atoms with E-state index in [1.807, 2.05) is 6.07 Å². The number of nitrogens with zero attached hydrogens (tertiary/aromatic N) is 1. The van der Waals surface area contributed by atoms with E-state index in [-0.39, 0.29) is 12.5 Å². The molecule has 1 aliphatic heterocycles. The number of hydrogen-bond donors (Lipinski definition) is 3. The van der Waals surface area contributed by atoms with Gasteiger partial charge >= 0.3 is 12.0 Å². The molecule has 1 aliphatic rings. The zero-order chi connectivity index (χ0) is 18.5. The number of rotatable bonds is 4. The average Bonchev–Trinajstić information content (AvgIpc) is 2.66. The van der Waals surface area contributed by atoms with Crippen molar-refractivity contribution in [2.75, 3.05) is 13.1 Å². The van der Waals surface area contributed by atoms with Crippen LogP contribution in [0.5, 0.6) is 0 Å². The molecular weight excluding hydrogens is 334 g/mol. The smallest absolute Gasteiger partial charge is 0.330 e. The zero-order valence-corrected chi connectivity index (χ0v) is 14.0. The van der Waals surface area contributed by atoms with Crippen LogP contribution >= 0.6 is 0 Å². The van der Waals surface area contributed by atoms with Crippen LogP contribution in [0, 0.1) is 0 Å². The number of urea groups is 1. The molecular formula is C19H19N3O4. The maximum atomic E-state index is 12.8. The third kappa shape index (κ3) is 3.66. The summed E-state index contributed by atoms with van der Waals surface area (Å²) in [6.07, 6.45) is 0. The van der Waals surface area contributed by atoms with E-state index in [0.717, 1.165) is 0 Å². The minimum atomic E-state index is -1.19. The second kappa shape index (κ2) is 7.69. The lowest BCUT2D eigenvalue weighted by Crippen LogP contribution is -2.55. The van der Waals surface area contributed by atoms with Crippen LogP contribution in [0.4, 0.5) is 4.79 Å². The lowest BCUT2D eigenvalue weighted by molar-refractivity contribution is -0.139. The van der Waals surface area contributed by atoms with E-state index >= 15 is 0 Å². The standard InChI is InChI=1S/C19H19N3O4/c23-17-16(14-9-5-2-6-10-14)22(12-11-20-17)19(26)21-15(18(24)25)13-7-3-1-4-8-13/h1-10,15-16H,11-12H2,(H,20,23)(H,21,26)(H,24,25). The third-order valence-corrected chi connectivity index (χ3v) is 4.24. The molecule has 0 aliphatic carbocycles. The van der Waals surface area contributed by atoms with Crippen LogP contribution in [0.1, 0.15) is 23.2 Å². The average molecular weight is 353 g/mol. The van der Waals surface area contributed by atoms with Crippen molar-refractivity contribution in [3.05, 3.63) is 71.8 Å². The van der Waals surface area contributed by atoms with Crippen LogP contribution < -0.4 is 10.6 Å². The summed E-state index contributed by atoms with van der Waals surface area (Å²) in [5.74, 6) is -1.45. The molecule has 2 unspecified atom stereocenters. The highest BCUT2D eigenvalue weighted by atomic mass is 16.4. The van der Waals surface area contributed by atoms with E-state index in [9.17, 15) is 19.5 Å². The van der Waals surface area contributed by atoms with Gasteiger partial charge < -0.3 is 20.6 Å². The van der Waals surface area contributed by atoms with Crippen LogP contribution in [0.3, 0.4) is 0 Å². The molecule has 2 atom stereocenters. The van der Waals surface area contributed by atoms with E-state index in [0.29, 0.717) is 17.7 Å². The summed E-state index contributed by atoms with van der Waals surface area (Å²) in [6, 6.07) is 14.8. The quantitative estimate of drug-likeness (QED) is 0.779. The van der Waals surface area contributed by atoms with Crippen molar-refractivity contribution in [1.29, 1.82) is 0 Å². The first-order valence-electron chi connectivity index (χ1n) is 8.25. The Bertz CT molecular complexity index is 795. The number of piperazine rings is 1. The third-order valence-electron chi connectivity index (χ3n) is 4.24. The van der Waals surface area contributed by atoms with Crippen LogP contribution in [0.2, 0.25) is 0 Å². The van der Waals surface area contributed by atoms with Crippen molar-refractivity contribution in [3.63, 3.8) is 0 Å². The fraction of sp³-hybridized carbons (Fsp3) is 0.211. The van der Waals surface area contributed by atoms with Gasteiger partial charge in [-0.15, -0.1) is 0 Å². The molecule has 7 nitrogen and oxygen atoms in total. The minimum Gasteiger partial charge on any atom is -0.479 e. The van der Waals surface area contributed by atoms with Crippen molar-refractivity contribution >= 4 is 17.9 Å². The molecule has 7 heteroatoms. The van der Waals surface area contributed by atoms with E-state index in [1.54, 1.807) is 54.6 Å². The molecule has 3 amide bonds. The zero-order valence-electron chi connectivity index (χ0n) is 14.0. The number of aliphatic carboxylic acids is 1. The van der Waals surface area contributed by atoms with Crippen molar-refractivity contribution in [2.45, 2.75) is 12.1 Å². The Hall–Kier alpha value is -3.35. The predicted molar refractivity (Wildman–Crippen MR) is 94.2 cm³/mol. The second-order valence-electron chi connectivity index (χ2n) is 5.93. The topological polar surface area (TPSA) is 98.7 Å². The fourth-order valence-electron chi connectivity index (χ4n) is 2.99. The lowest BCUT2D eigenvalue weighted by Gasteiger charge is -2.35. The highest BCUT2D eigenvalue weighted by Crippen LogP contribution is 2.24. The summed E-state index contributed by atoms with van der Waals surface area (Å²) < 4.78 is 0. The van der Waals surface area contributed by atoms with Crippen molar-refractivity contribution in [1.82, 2.24) is 15.5 Å². The molecule has 0 spiro atoms. The fourth-order valence-corrected chi connectivity index (χ4v) is 2.99. The number of benzene rings is 2. The van der Waals surface area contributed by atoms with Gasteiger partial charge in [0.2, 0.25) is 5.91 Å². The molecule has 1 saturated heterocycles. The minimum absolute atomic E-state index is 0.288. The molecule has 0 bridgehead atoms. The molecule has 0 radical (unpaired) electrons. The molecule has 2 aromatic rings. The number of nitrogens with one attached hydrogen (secondary N) is 2. The largest absolute Gasteiger partial charge is 0.479 e. The molecule has 0 aromatic heterocycles. The first-order valence-corrected chi connectivity index (χ1v) is 8.25. The van der Waals surface area contributed by atoms with Crippen LogP contribution in [0.15, 0.2) is 60.7 Å². The maximum Gasteiger partial charge on any atom is 0.330 e. The van der Waals surface area contributed by atoms with Crippen molar-refractivity contribution in [2.24, 2.45) is 0 Å². The molecule has 1 fully saturated rings. The Balaban J connectivity index is 1.84. The first kappa shape index (κ1) is 17.5. The summed E-state index contributed by atoms with van der Waals surface area (Å²) in [6.45, 7) is 0.608. The van der Waals surface area contributed by atoms with E-state index in [2.05, 4.69) is 10.6 Å². The first-order chi connectivity index (χ1) is 12.6. The number of hydrogen-bond acceptors (Lipinski definition) is 3. The van der Waals surface area contributed by atoms with Crippen LogP contribution in [0.25, 0.3) is 0 Å². The Kier molecular flexibility index (Phi) is 5.17. The van der Waals surface area contributed by atoms with Crippen molar-refractivity contribution < 1.29 is 19.5 Å². The Morgan fingerprint density at radius 3 is 2.31 bits per heavy atom. The van der Waals surface area contributed by atoms with Crippen LogP contribution in [-0.4, -0.2) is 41.0 Å². The monoisotopic (exact) mass is 353 g/mol. The highest BCUT2D eigenvalue weighted by molar-refractivity contribution is 5.91. The van der Waals surface area contributed by atoms with Gasteiger partial charge in [-0.05, 0) is 11.1 Å². The summed E-state index contributed by atoms with van der Waals surface area (Å²) in [4.78, 5) is 38.1. The van der Waals surface area contributed by atoms with Gasteiger partial charge in [0, 0.05) is 13.1 Å². The van der Waals surface area contributed by atoms with E-state index < -0.39 is 24.1 Å². The number of carbonyl (C=O) groups excluding carboxylic acids is 2. The summed E-state index contributed by atoms with van der Waals surface area (Å²) in [5.41, 5.74) is 1.14. The SMILES string of the molecule is O=C(O)C(NC(=O)N1CCNC(=O)C1c1ccccc1)c1ccccc1. The van der Waals surface area contributed by atoms with Gasteiger partial charge in [0.15, 0.2) is 6.04 Å². The molecule has 0 saturated carbocycles. The second-order valence-corrected chi connectivity index (χ2v) is 5.93. The highest BCUT2D eigenvalue weighted by Gasteiger charge is 2.36. The Morgan fingerprint density at radius 2 is 1.69 bits per heavy atom.